The average Bonchev–Trinajstić information content (AvgIpc) is 2.62. The first-order chi connectivity index (χ1) is 12.8. The highest BCUT2D eigenvalue weighted by molar-refractivity contribution is 6.10. The minimum Gasteiger partial charge on any atom is -0.343 e. The molecule has 1 aromatic heterocycles. The Bertz CT molecular complexity index is 879. The zero-order valence-corrected chi connectivity index (χ0v) is 15.1. The van der Waals surface area contributed by atoms with E-state index in [0.717, 1.165) is 36.6 Å². The lowest BCUT2D eigenvalue weighted by Crippen LogP contribution is -2.55. The summed E-state index contributed by atoms with van der Waals surface area (Å²) < 4.78 is 38.7. The van der Waals surface area contributed by atoms with Crippen molar-refractivity contribution in [1.82, 2.24) is 4.98 Å². The lowest BCUT2D eigenvalue weighted by molar-refractivity contribution is -0.137. The van der Waals surface area contributed by atoms with Gasteiger partial charge >= 0.3 is 6.18 Å². The Labute approximate surface area is 155 Å². The van der Waals surface area contributed by atoms with E-state index in [1.165, 1.54) is 17.0 Å². The molecule has 2 unspecified atom stereocenters. The van der Waals surface area contributed by atoms with E-state index in [1.54, 1.807) is 0 Å². The summed E-state index contributed by atoms with van der Waals surface area (Å²) in [4.78, 5) is 21.5. The van der Waals surface area contributed by atoms with Crippen molar-refractivity contribution in [2.45, 2.75) is 38.9 Å². The Hall–Kier alpha value is -2.57. The molecule has 2 aliphatic rings. The Balaban J connectivity index is 1.81. The molecular formula is C20H20F3N3O. The highest BCUT2D eigenvalue weighted by Gasteiger charge is 2.42. The van der Waals surface area contributed by atoms with Gasteiger partial charge in [0.1, 0.15) is 6.04 Å². The van der Waals surface area contributed by atoms with Crippen molar-refractivity contribution >= 4 is 23.1 Å². The molecule has 4 nitrogen and oxygen atoms in total. The molecular weight excluding hydrogens is 355 g/mol. The Kier molecular flexibility index (Phi) is 4.13. The SMILES string of the molecule is Cc1ccc2c(n1)N1CCC(C)CC1C(=O)N2c1ccc(C(F)(F)F)cc1. The van der Waals surface area contributed by atoms with E-state index in [0.29, 0.717) is 23.7 Å². The van der Waals surface area contributed by atoms with E-state index >= 15 is 0 Å². The molecule has 0 aliphatic carbocycles. The van der Waals surface area contributed by atoms with Crippen LogP contribution >= 0.6 is 0 Å². The average molecular weight is 375 g/mol. The Morgan fingerprint density at radius 2 is 1.81 bits per heavy atom. The molecule has 1 saturated heterocycles. The van der Waals surface area contributed by atoms with Crippen LogP contribution in [-0.4, -0.2) is 23.5 Å². The molecule has 0 radical (unpaired) electrons. The van der Waals surface area contributed by atoms with Gasteiger partial charge in [-0.3, -0.25) is 9.69 Å². The highest BCUT2D eigenvalue weighted by atomic mass is 19.4. The van der Waals surface area contributed by atoms with Gasteiger partial charge in [-0.1, -0.05) is 6.92 Å². The van der Waals surface area contributed by atoms with E-state index in [4.69, 9.17) is 0 Å². The summed E-state index contributed by atoms with van der Waals surface area (Å²) in [6, 6.07) is 8.04. The van der Waals surface area contributed by atoms with Crippen LogP contribution in [0.3, 0.4) is 0 Å². The van der Waals surface area contributed by atoms with Crippen LogP contribution in [0.15, 0.2) is 36.4 Å². The highest BCUT2D eigenvalue weighted by Crippen LogP contribution is 2.43. The van der Waals surface area contributed by atoms with E-state index in [2.05, 4.69) is 11.9 Å². The van der Waals surface area contributed by atoms with E-state index < -0.39 is 11.7 Å². The number of fused-ring (bicyclic) bond motifs is 3. The van der Waals surface area contributed by atoms with E-state index in [-0.39, 0.29) is 11.9 Å². The molecule has 7 heteroatoms. The second kappa shape index (κ2) is 6.25. The second-order valence-corrected chi connectivity index (χ2v) is 7.35. The number of pyridine rings is 1. The molecule has 3 heterocycles. The molecule has 0 bridgehead atoms. The maximum absolute atomic E-state index is 13.3. The number of rotatable bonds is 1. The molecule has 2 atom stereocenters. The van der Waals surface area contributed by atoms with E-state index in [9.17, 15) is 18.0 Å². The summed E-state index contributed by atoms with van der Waals surface area (Å²) in [7, 11) is 0. The number of aromatic nitrogens is 1. The largest absolute Gasteiger partial charge is 0.416 e. The van der Waals surface area contributed by atoms with Gasteiger partial charge in [-0.2, -0.15) is 13.2 Å². The first-order valence-corrected chi connectivity index (χ1v) is 9.01. The number of carbonyl (C=O) groups excluding carboxylic acids is 1. The third kappa shape index (κ3) is 3.05. The summed E-state index contributed by atoms with van der Waals surface area (Å²) in [5, 5.41) is 0. The van der Waals surface area contributed by atoms with Gasteiger partial charge in [-0.25, -0.2) is 4.98 Å². The fourth-order valence-electron chi connectivity index (χ4n) is 3.88. The molecule has 1 aromatic carbocycles. The summed E-state index contributed by atoms with van der Waals surface area (Å²) in [6.45, 7) is 4.76. The number of amides is 1. The second-order valence-electron chi connectivity index (χ2n) is 7.35. The zero-order chi connectivity index (χ0) is 19.3. The maximum atomic E-state index is 13.3. The van der Waals surface area contributed by atoms with Crippen LogP contribution in [0, 0.1) is 12.8 Å². The van der Waals surface area contributed by atoms with Gasteiger partial charge in [-0.15, -0.1) is 0 Å². The molecule has 0 N–H and O–H groups in total. The standard InChI is InChI=1S/C20H20F3N3O/c1-12-9-10-25-17(11-12)19(27)26(16-8-3-13(2)24-18(16)25)15-6-4-14(5-7-15)20(21,22)23/h3-8,12,17H,9-11H2,1-2H3. The summed E-state index contributed by atoms with van der Waals surface area (Å²) in [5.41, 5.74) is 1.16. The van der Waals surface area contributed by atoms with Gasteiger partial charge in [0, 0.05) is 17.9 Å². The molecule has 27 heavy (non-hydrogen) atoms. The quantitative estimate of drug-likeness (QED) is 0.725. The third-order valence-electron chi connectivity index (χ3n) is 5.33. The number of alkyl halides is 3. The van der Waals surface area contributed by atoms with Crippen LogP contribution < -0.4 is 9.80 Å². The Morgan fingerprint density at radius 1 is 1.11 bits per heavy atom. The van der Waals surface area contributed by atoms with Gasteiger partial charge in [0.15, 0.2) is 5.82 Å². The number of hydrogen-bond donors (Lipinski definition) is 0. The minimum atomic E-state index is -4.41. The molecule has 1 amide bonds. The molecule has 4 rings (SSSR count). The van der Waals surface area contributed by atoms with Crippen LogP contribution in [-0.2, 0) is 11.0 Å². The number of carbonyl (C=O) groups is 1. The summed E-state index contributed by atoms with van der Waals surface area (Å²) in [5.74, 6) is 1.03. The minimum absolute atomic E-state index is 0.112. The zero-order valence-electron chi connectivity index (χ0n) is 15.1. The van der Waals surface area contributed by atoms with Crippen molar-refractivity contribution in [3.8, 4) is 0 Å². The van der Waals surface area contributed by atoms with Gasteiger partial charge in [0.2, 0.25) is 0 Å². The van der Waals surface area contributed by atoms with Crippen LogP contribution in [0.5, 0.6) is 0 Å². The smallest absolute Gasteiger partial charge is 0.343 e. The van der Waals surface area contributed by atoms with Gasteiger partial charge in [0.25, 0.3) is 5.91 Å². The van der Waals surface area contributed by atoms with Gasteiger partial charge in [0.05, 0.1) is 11.3 Å². The van der Waals surface area contributed by atoms with Crippen molar-refractivity contribution in [1.29, 1.82) is 0 Å². The molecule has 1 fully saturated rings. The molecule has 2 aromatic rings. The van der Waals surface area contributed by atoms with E-state index in [1.807, 2.05) is 24.0 Å². The third-order valence-corrected chi connectivity index (χ3v) is 5.33. The lowest BCUT2D eigenvalue weighted by atomic mass is 9.89. The fraction of sp³-hybridized carbons (Fsp3) is 0.400. The number of piperidine rings is 1. The van der Waals surface area contributed by atoms with Crippen molar-refractivity contribution < 1.29 is 18.0 Å². The van der Waals surface area contributed by atoms with Crippen LogP contribution in [0.25, 0.3) is 0 Å². The predicted octanol–water partition coefficient (Wildman–Crippen LogP) is 4.69. The first-order valence-electron chi connectivity index (χ1n) is 9.01. The predicted molar refractivity (Wildman–Crippen MR) is 97.1 cm³/mol. The molecule has 142 valence electrons. The summed E-state index contributed by atoms with van der Waals surface area (Å²) in [6.07, 6.45) is -2.71. The van der Waals surface area contributed by atoms with Crippen LogP contribution in [0.2, 0.25) is 0 Å². The maximum Gasteiger partial charge on any atom is 0.416 e. The monoisotopic (exact) mass is 375 g/mol. The lowest BCUT2D eigenvalue weighted by Gasteiger charge is -2.45. The van der Waals surface area contributed by atoms with Gasteiger partial charge < -0.3 is 4.90 Å². The van der Waals surface area contributed by atoms with Crippen molar-refractivity contribution in [3.05, 3.63) is 47.7 Å². The van der Waals surface area contributed by atoms with Gasteiger partial charge in [-0.05, 0) is 62.1 Å². The number of nitrogens with zero attached hydrogens (tertiary/aromatic N) is 3. The molecule has 0 spiro atoms. The number of anilines is 3. The summed E-state index contributed by atoms with van der Waals surface area (Å²) >= 11 is 0. The first kappa shape index (κ1) is 17.8. The number of aryl methyl sites for hydroxylation is 1. The number of benzene rings is 1. The number of hydrogen-bond acceptors (Lipinski definition) is 3. The van der Waals surface area contributed by atoms with Crippen molar-refractivity contribution in [3.63, 3.8) is 0 Å². The normalized spacial score (nSPS) is 22.5. The van der Waals surface area contributed by atoms with Crippen molar-refractivity contribution in [2.75, 3.05) is 16.3 Å². The Morgan fingerprint density at radius 3 is 2.48 bits per heavy atom. The molecule has 2 aliphatic heterocycles. The van der Waals surface area contributed by atoms with Crippen LogP contribution in [0.4, 0.5) is 30.4 Å². The fourth-order valence-corrected chi connectivity index (χ4v) is 3.88. The number of halogens is 3. The topological polar surface area (TPSA) is 36.4 Å². The molecule has 0 saturated carbocycles. The van der Waals surface area contributed by atoms with Crippen molar-refractivity contribution in [2.24, 2.45) is 5.92 Å². The van der Waals surface area contributed by atoms with Crippen LogP contribution in [0.1, 0.15) is 31.0 Å².